The average Bonchev–Trinajstić information content (AvgIpc) is 2.74. The maximum Gasteiger partial charge on any atom is 0.337 e. The van der Waals surface area contributed by atoms with Crippen molar-refractivity contribution in [1.82, 2.24) is 0 Å². The van der Waals surface area contributed by atoms with Gasteiger partial charge in [-0.1, -0.05) is 32.6 Å². The quantitative estimate of drug-likeness (QED) is 0.510. The minimum atomic E-state index is -0.833. The number of ether oxygens (including phenoxy) is 1. The number of carbonyl (C=O) groups is 2. The summed E-state index contributed by atoms with van der Waals surface area (Å²) in [6, 6.07) is 0. The molecule has 5 nitrogen and oxygen atoms in total. The lowest BCUT2D eigenvalue weighted by Crippen LogP contribution is -2.29. The third-order valence-corrected chi connectivity index (χ3v) is 7.74. The molecular formula is C25H42O5. The summed E-state index contributed by atoms with van der Waals surface area (Å²) in [7, 11) is 1.39. The highest BCUT2D eigenvalue weighted by Crippen LogP contribution is 2.46. The number of methoxy groups -OCH3 is 1. The van der Waals surface area contributed by atoms with E-state index in [9.17, 15) is 9.90 Å². The molecule has 0 amide bonds. The number of allylic oxidation sites excluding steroid dienone is 1. The molecule has 0 saturated heterocycles. The first-order chi connectivity index (χ1) is 14.3. The lowest BCUT2D eigenvalue weighted by molar-refractivity contribution is -0.137. The summed E-state index contributed by atoms with van der Waals surface area (Å²) in [4.78, 5) is 20.7. The van der Waals surface area contributed by atoms with Crippen molar-refractivity contribution in [2.45, 2.75) is 97.3 Å². The smallest absolute Gasteiger partial charge is 0.337 e. The van der Waals surface area contributed by atoms with Gasteiger partial charge in [-0.3, -0.25) is 4.79 Å². The number of hydrogen-bond donors (Lipinski definition) is 2. The van der Waals surface area contributed by atoms with Gasteiger partial charge in [-0.2, -0.15) is 0 Å². The van der Waals surface area contributed by atoms with Gasteiger partial charge in [0, 0.05) is 13.3 Å². The van der Waals surface area contributed by atoms with Crippen LogP contribution >= 0.6 is 0 Å². The Morgan fingerprint density at radius 2 is 1.37 bits per heavy atom. The van der Waals surface area contributed by atoms with Crippen LogP contribution < -0.4 is 0 Å². The molecule has 3 aliphatic carbocycles. The Balaban J connectivity index is 0.000000735. The minimum absolute atomic E-state index is 0.296. The number of carbonyl (C=O) groups excluding carboxylic acids is 1. The fourth-order valence-corrected chi connectivity index (χ4v) is 6.14. The van der Waals surface area contributed by atoms with Gasteiger partial charge in [0.25, 0.3) is 5.97 Å². The molecule has 2 saturated carbocycles. The molecule has 0 bridgehead atoms. The molecule has 2 N–H and O–H groups in total. The number of carboxylic acid groups (broad SMARTS) is 1. The van der Waals surface area contributed by atoms with Gasteiger partial charge in [0.05, 0.1) is 12.7 Å². The first kappa shape index (κ1) is 24.7. The monoisotopic (exact) mass is 422 g/mol. The topological polar surface area (TPSA) is 83.8 Å². The van der Waals surface area contributed by atoms with E-state index in [1.54, 1.807) is 0 Å². The van der Waals surface area contributed by atoms with E-state index in [1.807, 2.05) is 0 Å². The molecule has 0 aromatic heterocycles. The van der Waals surface area contributed by atoms with Crippen LogP contribution in [0.25, 0.3) is 0 Å². The van der Waals surface area contributed by atoms with Crippen LogP contribution in [0.3, 0.4) is 0 Å². The molecule has 0 aromatic carbocycles. The summed E-state index contributed by atoms with van der Waals surface area (Å²) in [5.74, 6) is 3.36. The van der Waals surface area contributed by atoms with Crippen molar-refractivity contribution in [3.05, 3.63) is 11.3 Å². The van der Waals surface area contributed by atoms with E-state index in [1.165, 1.54) is 71.3 Å². The molecule has 0 radical (unpaired) electrons. The molecule has 2 fully saturated rings. The fourth-order valence-electron chi connectivity index (χ4n) is 6.14. The van der Waals surface area contributed by atoms with Gasteiger partial charge in [-0.25, -0.2) is 4.79 Å². The Hall–Kier alpha value is -1.52. The van der Waals surface area contributed by atoms with Gasteiger partial charge < -0.3 is 14.9 Å². The van der Waals surface area contributed by atoms with E-state index in [4.69, 9.17) is 14.6 Å². The normalized spacial score (nSPS) is 32.0. The zero-order valence-corrected chi connectivity index (χ0v) is 19.2. The maximum atomic E-state index is 11.7. The summed E-state index contributed by atoms with van der Waals surface area (Å²) in [6.07, 6.45) is 16.5. The van der Waals surface area contributed by atoms with E-state index >= 15 is 0 Å². The highest BCUT2D eigenvalue weighted by molar-refractivity contribution is 5.89. The number of aliphatic carboxylic acids is 1. The predicted octanol–water partition coefficient (Wildman–Crippen LogP) is 6.28. The third-order valence-electron chi connectivity index (χ3n) is 7.74. The second-order valence-corrected chi connectivity index (χ2v) is 9.68. The predicted molar refractivity (Wildman–Crippen MR) is 118 cm³/mol. The number of rotatable bonds is 5. The Kier molecular flexibility index (Phi) is 10.2. The van der Waals surface area contributed by atoms with Crippen LogP contribution in [-0.4, -0.2) is 29.3 Å². The van der Waals surface area contributed by atoms with Crippen LogP contribution in [0.15, 0.2) is 11.3 Å². The molecule has 3 rings (SSSR count). The molecule has 1 atom stereocenters. The van der Waals surface area contributed by atoms with E-state index < -0.39 is 5.97 Å². The Bertz CT molecular complexity index is 576. The molecule has 0 spiro atoms. The SMILES string of the molecule is CC(=O)O.CCC[C@H]1CC[C@H]([C@H]2CC[C@H](C3CCC(C(=O)OC)=C(O)C3)CC2)CC1. The molecule has 0 aromatic rings. The minimum Gasteiger partial charge on any atom is -0.512 e. The highest BCUT2D eigenvalue weighted by Gasteiger charge is 2.35. The number of esters is 1. The molecular weight excluding hydrogens is 380 g/mol. The fraction of sp³-hybridized carbons (Fsp3) is 0.840. The van der Waals surface area contributed by atoms with Gasteiger partial charge in [-0.05, 0) is 81.0 Å². The van der Waals surface area contributed by atoms with Crippen LogP contribution in [0.2, 0.25) is 0 Å². The molecule has 5 heteroatoms. The van der Waals surface area contributed by atoms with Crippen LogP contribution in [0.4, 0.5) is 0 Å². The Labute approximate surface area is 182 Å². The van der Waals surface area contributed by atoms with Gasteiger partial charge in [-0.15, -0.1) is 0 Å². The van der Waals surface area contributed by atoms with E-state index in [2.05, 4.69) is 6.92 Å². The van der Waals surface area contributed by atoms with Crippen molar-refractivity contribution < 1.29 is 24.5 Å². The Morgan fingerprint density at radius 1 is 0.900 bits per heavy atom. The summed E-state index contributed by atoms with van der Waals surface area (Å²) < 4.78 is 4.79. The third kappa shape index (κ3) is 7.31. The molecule has 0 heterocycles. The van der Waals surface area contributed by atoms with Gasteiger partial charge >= 0.3 is 5.97 Å². The van der Waals surface area contributed by atoms with Gasteiger partial charge in [0.1, 0.15) is 5.76 Å². The lowest BCUT2D eigenvalue weighted by Gasteiger charge is -2.40. The standard InChI is InChI=1S/C23H38O3.C2H4O2/c1-3-4-16-5-7-17(8-6-16)18-9-11-19(12-10-18)20-13-14-21(22(24)15-20)23(25)26-2;1-2(3)4/h16-20,24H,3-15H2,1-2H3;1H3,(H,3,4)/t16-,17-,18-,19-,20?;. The van der Waals surface area contributed by atoms with Gasteiger partial charge in [0.2, 0.25) is 0 Å². The van der Waals surface area contributed by atoms with Gasteiger partial charge in [0.15, 0.2) is 0 Å². The summed E-state index contributed by atoms with van der Waals surface area (Å²) in [6.45, 7) is 3.40. The summed E-state index contributed by atoms with van der Waals surface area (Å²) in [5, 5.41) is 17.7. The molecule has 3 aliphatic rings. The van der Waals surface area contributed by atoms with E-state index in [0.717, 1.165) is 37.0 Å². The molecule has 0 aliphatic heterocycles. The number of carboxylic acids is 1. The molecule has 1 unspecified atom stereocenters. The van der Waals surface area contributed by atoms with E-state index in [-0.39, 0.29) is 5.97 Å². The highest BCUT2D eigenvalue weighted by atomic mass is 16.5. The van der Waals surface area contributed by atoms with Crippen molar-refractivity contribution in [2.24, 2.45) is 29.6 Å². The van der Waals surface area contributed by atoms with Crippen molar-refractivity contribution in [3.8, 4) is 0 Å². The maximum absolute atomic E-state index is 11.7. The first-order valence-corrected chi connectivity index (χ1v) is 12.0. The average molecular weight is 423 g/mol. The van der Waals surface area contributed by atoms with E-state index in [0.29, 0.717) is 30.1 Å². The molecule has 30 heavy (non-hydrogen) atoms. The van der Waals surface area contributed by atoms with Crippen LogP contribution in [0.1, 0.15) is 97.3 Å². The van der Waals surface area contributed by atoms with Crippen molar-refractivity contribution in [2.75, 3.05) is 7.11 Å². The number of aliphatic hydroxyl groups is 1. The second-order valence-electron chi connectivity index (χ2n) is 9.68. The summed E-state index contributed by atoms with van der Waals surface area (Å²) in [5.41, 5.74) is 0.515. The van der Waals surface area contributed by atoms with Crippen LogP contribution in [0.5, 0.6) is 0 Å². The zero-order chi connectivity index (χ0) is 22.1. The largest absolute Gasteiger partial charge is 0.512 e. The number of hydrogen-bond acceptors (Lipinski definition) is 4. The summed E-state index contributed by atoms with van der Waals surface area (Å²) >= 11 is 0. The Morgan fingerprint density at radius 3 is 1.80 bits per heavy atom. The van der Waals surface area contributed by atoms with Crippen molar-refractivity contribution in [3.63, 3.8) is 0 Å². The second kappa shape index (κ2) is 12.4. The molecule has 172 valence electrons. The van der Waals surface area contributed by atoms with Crippen molar-refractivity contribution >= 4 is 11.9 Å². The van der Waals surface area contributed by atoms with Crippen LogP contribution in [0, 0.1) is 29.6 Å². The first-order valence-electron chi connectivity index (χ1n) is 12.0. The zero-order valence-electron chi connectivity index (χ0n) is 19.2. The lowest BCUT2D eigenvalue weighted by atomic mass is 9.65. The van der Waals surface area contributed by atoms with Crippen molar-refractivity contribution in [1.29, 1.82) is 0 Å². The number of aliphatic hydroxyl groups excluding tert-OH is 1. The van der Waals surface area contributed by atoms with Crippen LogP contribution in [-0.2, 0) is 14.3 Å².